The SMILES string of the molecule is CCC1CCN(C[C@@H]2CCN(CC)C2)CC1. The van der Waals surface area contributed by atoms with Crippen molar-refractivity contribution < 1.29 is 0 Å². The summed E-state index contributed by atoms with van der Waals surface area (Å²) in [5.74, 6) is 1.98. The molecular weight excluding hydrogens is 196 g/mol. The fourth-order valence-corrected chi connectivity index (χ4v) is 3.29. The summed E-state index contributed by atoms with van der Waals surface area (Å²) >= 11 is 0. The molecule has 2 saturated heterocycles. The van der Waals surface area contributed by atoms with Gasteiger partial charge in [0.05, 0.1) is 0 Å². The molecule has 2 aliphatic rings. The number of likely N-dealkylation sites (tertiary alicyclic amines) is 2. The van der Waals surface area contributed by atoms with Crippen LogP contribution >= 0.6 is 0 Å². The highest BCUT2D eigenvalue weighted by Crippen LogP contribution is 2.23. The van der Waals surface area contributed by atoms with Crippen molar-refractivity contribution in [2.45, 2.75) is 39.5 Å². The Bertz CT molecular complexity index is 197. The van der Waals surface area contributed by atoms with Crippen LogP contribution in [0.2, 0.25) is 0 Å². The van der Waals surface area contributed by atoms with Crippen molar-refractivity contribution in [2.24, 2.45) is 11.8 Å². The van der Waals surface area contributed by atoms with Gasteiger partial charge in [-0.25, -0.2) is 0 Å². The van der Waals surface area contributed by atoms with Gasteiger partial charge in [-0.15, -0.1) is 0 Å². The van der Waals surface area contributed by atoms with Crippen molar-refractivity contribution in [1.82, 2.24) is 9.80 Å². The van der Waals surface area contributed by atoms with Crippen LogP contribution in [0.3, 0.4) is 0 Å². The van der Waals surface area contributed by atoms with Crippen LogP contribution in [0.1, 0.15) is 39.5 Å². The normalized spacial score (nSPS) is 30.0. The molecule has 0 spiro atoms. The minimum Gasteiger partial charge on any atom is -0.303 e. The highest BCUT2D eigenvalue weighted by molar-refractivity contribution is 4.80. The van der Waals surface area contributed by atoms with E-state index in [1.54, 1.807) is 0 Å². The lowest BCUT2D eigenvalue weighted by atomic mass is 9.94. The van der Waals surface area contributed by atoms with E-state index in [9.17, 15) is 0 Å². The van der Waals surface area contributed by atoms with Gasteiger partial charge >= 0.3 is 0 Å². The molecule has 0 aromatic rings. The van der Waals surface area contributed by atoms with E-state index in [0.29, 0.717) is 0 Å². The second kappa shape index (κ2) is 6.02. The Kier molecular flexibility index (Phi) is 4.66. The van der Waals surface area contributed by atoms with Crippen LogP contribution in [0.25, 0.3) is 0 Å². The molecule has 0 unspecified atom stereocenters. The van der Waals surface area contributed by atoms with Crippen molar-refractivity contribution >= 4 is 0 Å². The molecule has 2 nitrogen and oxygen atoms in total. The van der Waals surface area contributed by atoms with Crippen LogP contribution in [0.15, 0.2) is 0 Å². The Morgan fingerprint density at radius 1 is 0.875 bits per heavy atom. The average Bonchev–Trinajstić information content (AvgIpc) is 2.78. The second-order valence-electron chi connectivity index (χ2n) is 5.70. The van der Waals surface area contributed by atoms with Crippen LogP contribution in [-0.4, -0.2) is 49.1 Å². The van der Waals surface area contributed by atoms with Gasteiger partial charge < -0.3 is 9.80 Å². The number of nitrogens with zero attached hydrogens (tertiary/aromatic N) is 2. The molecule has 0 aromatic carbocycles. The molecule has 16 heavy (non-hydrogen) atoms. The lowest BCUT2D eigenvalue weighted by Crippen LogP contribution is -2.37. The smallest absolute Gasteiger partial charge is 0.00224 e. The first kappa shape index (κ1) is 12.4. The van der Waals surface area contributed by atoms with E-state index in [4.69, 9.17) is 0 Å². The minimum atomic E-state index is 0.957. The maximum atomic E-state index is 2.72. The minimum absolute atomic E-state index is 0.957. The maximum absolute atomic E-state index is 2.72. The molecule has 94 valence electrons. The lowest BCUT2D eigenvalue weighted by Gasteiger charge is -2.33. The molecule has 2 rings (SSSR count). The van der Waals surface area contributed by atoms with Crippen LogP contribution in [0.5, 0.6) is 0 Å². The first-order chi connectivity index (χ1) is 7.81. The van der Waals surface area contributed by atoms with E-state index >= 15 is 0 Å². The van der Waals surface area contributed by atoms with Crippen LogP contribution in [0, 0.1) is 11.8 Å². The monoisotopic (exact) mass is 224 g/mol. The van der Waals surface area contributed by atoms with Crippen LogP contribution in [-0.2, 0) is 0 Å². The van der Waals surface area contributed by atoms with E-state index in [-0.39, 0.29) is 0 Å². The first-order valence-corrected chi connectivity index (χ1v) is 7.26. The first-order valence-electron chi connectivity index (χ1n) is 7.26. The summed E-state index contributed by atoms with van der Waals surface area (Å²) in [4.78, 5) is 5.32. The Labute approximate surface area is 101 Å². The molecule has 1 atom stereocenters. The molecule has 0 aromatic heterocycles. The van der Waals surface area contributed by atoms with Gasteiger partial charge in [-0.1, -0.05) is 20.3 Å². The van der Waals surface area contributed by atoms with Gasteiger partial charge in [-0.05, 0) is 57.3 Å². The molecular formula is C14H28N2. The van der Waals surface area contributed by atoms with Gasteiger partial charge in [0.15, 0.2) is 0 Å². The van der Waals surface area contributed by atoms with Crippen molar-refractivity contribution in [3.8, 4) is 0 Å². The third kappa shape index (κ3) is 3.21. The highest BCUT2D eigenvalue weighted by Gasteiger charge is 2.25. The Balaban J connectivity index is 1.67. The summed E-state index contributed by atoms with van der Waals surface area (Å²) in [6.07, 6.45) is 5.71. The van der Waals surface area contributed by atoms with Crippen LogP contribution < -0.4 is 0 Å². The zero-order chi connectivity index (χ0) is 11.4. The Morgan fingerprint density at radius 2 is 1.50 bits per heavy atom. The molecule has 2 heteroatoms. The highest BCUT2D eigenvalue weighted by atomic mass is 15.2. The molecule has 2 heterocycles. The molecule has 0 radical (unpaired) electrons. The third-order valence-electron chi connectivity index (χ3n) is 4.62. The summed E-state index contributed by atoms with van der Waals surface area (Å²) in [6.45, 7) is 12.7. The number of hydrogen-bond acceptors (Lipinski definition) is 2. The average molecular weight is 224 g/mol. The zero-order valence-corrected chi connectivity index (χ0v) is 11.1. The van der Waals surface area contributed by atoms with E-state index in [2.05, 4.69) is 23.6 Å². The molecule has 0 amide bonds. The topological polar surface area (TPSA) is 6.48 Å². The predicted molar refractivity (Wildman–Crippen MR) is 69.7 cm³/mol. The third-order valence-corrected chi connectivity index (χ3v) is 4.62. The Hall–Kier alpha value is -0.0800. The van der Waals surface area contributed by atoms with Crippen molar-refractivity contribution in [1.29, 1.82) is 0 Å². The quantitative estimate of drug-likeness (QED) is 0.724. The summed E-state index contributed by atoms with van der Waals surface area (Å²) in [5, 5.41) is 0. The maximum Gasteiger partial charge on any atom is 0.00224 e. The predicted octanol–water partition coefficient (Wildman–Crippen LogP) is 2.45. The molecule has 0 saturated carbocycles. The number of hydrogen-bond donors (Lipinski definition) is 0. The zero-order valence-electron chi connectivity index (χ0n) is 11.1. The van der Waals surface area contributed by atoms with Crippen molar-refractivity contribution in [3.05, 3.63) is 0 Å². The van der Waals surface area contributed by atoms with Gasteiger partial charge in [0.25, 0.3) is 0 Å². The second-order valence-corrected chi connectivity index (χ2v) is 5.70. The van der Waals surface area contributed by atoms with Gasteiger partial charge in [0.2, 0.25) is 0 Å². The van der Waals surface area contributed by atoms with E-state index in [0.717, 1.165) is 11.8 Å². The Morgan fingerprint density at radius 3 is 2.06 bits per heavy atom. The van der Waals surface area contributed by atoms with Crippen molar-refractivity contribution in [2.75, 3.05) is 39.3 Å². The summed E-state index contributed by atoms with van der Waals surface area (Å²) in [5.41, 5.74) is 0. The van der Waals surface area contributed by atoms with Gasteiger partial charge in [-0.2, -0.15) is 0 Å². The number of rotatable bonds is 4. The lowest BCUT2D eigenvalue weighted by molar-refractivity contribution is 0.158. The fourth-order valence-electron chi connectivity index (χ4n) is 3.29. The van der Waals surface area contributed by atoms with Gasteiger partial charge in [0.1, 0.15) is 0 Å². The fraction of sp³-hybridized carbons (Fsp3) is 1.00. The summed E-state index contributed by atoms with van der Waals surface area (Å²) < 4.78 is 0. The number of piperidine rings is 1. The van der Waals surface area contributed by atoms with Gasteiger partial charge in [0, 0.05) is 13.1 Å². The molecule has 0 N–H and O–H groups in total. The van der Waals surface area contributed by atoms with Crippen LogP contribution in [0.4, 0.5) is 0 Å². The summed E-state index contributed by atoms with van der Waals surface area (Å²) in [7, 11) is 0. The molecule has 2 aliphatic heterocycles. The van der Waals surface area contributed by atoms with Gasteiger partial charge in [-0.3, -0.25) is 0 Å². The summed E-state index contributed by atoms with van der Waals surface area (Å²) in [6, 6.07) is 0. The van der Waals surface area contributed by atoms with E-state index in [1.807, 2.05) is 0 Å². The molecule has 0 aliphatic carbocycles. The molecule has 0 bridgehead atoms. The van der Waals surface area contributed by atoms with Crippen molar-refractivity contribution in [3.63, 3.8) is 0 Å². The van der Waals surface area contributed by atoms with E-state index in [1.165, 1.54) is 65.0 Å². The molecule has 2 fully saturated rings. The van der Waals surface area contributed by atoms with E-state index < -0.39 is 0 Å². The standard InChI is InChI=1S/C14H28N2/c1-3-13-5-9-16(10-6-13)12-14-7-8-15(4-2)11-14/h13-14H,3-12H2,1-2H3/t14-/m1/s1. The largest absolute Gasteiger partial charge is 0.303 e.